The molecule has 1 aliphatic rings. The molecule has 1 aromatic rings. The second kappa shape index (κ2) is 4.95. The van der Waals surface area contributed by atoms with Crippen LogP contribution in [0.5, 0.6) is 0 Å². The molecule has 1 aliphatic heterocycles. The molecule has 2 atom stereocenters. The maximum Gasteiger partial charge on any atom is 0.110 e. The zero-order valence-electron chi connectivity index (χ0n) is 9.56. The first-order chi connectivity index (χ1) is 7.74. The maximum absolute atomic E-state index is 8.91. The number of rotatable bonds is 6. The van der Waals surface area contributed by atoms with Gasteiger partial charge >= 0.3 is 0 Å². The highest BCUT2D eigenvalue weighted by Gasteiger charge is 2.51. The molecule has 16 heavy (non-hydrogen) atoms. The molecule has 3 heteroatoms. The molecule has 0 saturated carbocycles. The van der Waals surface area contributed by atoms with Crippen molar-refractivity contribution in [3.8, 4) is 0 Å². The number of hydrogen-bond acceptors (Lipinski definition) is 3. The zero-order chi connectivity index (χ0) is 11.4. The number of hydrogen-bond donors (Lipinski definition) is 1. The van der Waals surface area contributed by atoms with E-state index in [-0.39, 0.29) is 18.3 Å². The van der Waals surface area contributed by atoms with Gasteiger partial charge in [-0.25, -0.2) is 0 Å². The summed E-state index contributed by atoms with van der Waals surface area (Å²) in [5.41, 5.74) is 1.02. The molecule has 1 fully saturated rings. The quantitative estimate of drug-likeness (QED) is 0.589. The summed E-state index contributed by atoms with van der Waals surface area (Å²) in [4.78, 5) is 0. The van der Waals surface area contributed by atoms with E-state index in [1.807, 2.05) is 37.3 Å². The van der Waals surface area contributed by atoms with Crippen LogP contribution in [0.2, 0.25) is 0 Å². The van der Waals surface area contributed by atoms with Gasteiger partial charge in [0.05, 0.1) is 18.8 Å². The van der Waals surface area contributed by atoms with Gasteiger partial charge in [-0.2, -0.15) is 0 Å². The van der Waals surface area contributed by atoms with Crippen molar-refractivity contribution in [2.45, 2.75) is 31.7 Å². The van der Waals surface area contributed by atoms with Crippen molar-refractivity contribution in [2.75, 3.05) is 13.2 Å². The fraction of sp³-hybridized carbons (Fsp3) is 0.538. The lowest BCUT2D eigenvalue weighted by molar-refractivity contribution is 0.102. The van der Waals surface area contributed by atoms with Crippen LogP contribution in [0.3, 0.4) is 0 Å². The van der Waals surface area contributed by atoms with Gasteiger partial charge in [-0.3, -0.25) is 0 Å². The van der Waals surface area contributed by atoms with Crippen LogP contribution in [-0.2, 0) is 16.1 Å². The molecule has 2 rings (SSSR count). The third-order valence-corrected chi connectivity index (χ3v) is 3.06. The van der Waals surface area contributed by atoms with E-state index in [2.05, 4.69) is 0 Å². The topological polar surface area (TPSA) is 42.0 Å². The smallest absolute Gasteiger partial charge is 0.110 e. The summed E-state index contributed by atoms with van der Waals surface area (Å²) in [6, 6.07) is 10.1. The standard InChI is InChI=1S/C13H18O3/c1-13(12(9-14)16-13)7-8-15-10-11-5-3-2-4-6-11/h2-6,12,14H,7-10H2,1H3/t12-,13-/m0/s1. The largest absolute Gasteiger partial charge is 0.394 e. The van der Waals surface area contributed by atoms with Crippen LogP contribution in [0.25, 0.3) is 0 Å². The Balaban J connectivity index is 1.63. The minimum atomic E-state index is -0.161. The first-order valence-electron chi connectivity index (χ1n) is 5.65. The Labute approximate surface area is 96.0 Å². The summed E-state index contributed by atoms with van der Waals surface area (Å²) in [5, 5.41) is 8.91. The predicted octanol–water partition coefficient (Wildman–Crippen LogP) is 1.74. The van der Waals surface area contributed by atoms with Gasteiger partial charge in [0.1, 0.15) is 6.10 Å². The Morgan fingerprint density at radius 2 is 2.12 bits per heavy atom. The zero-order valence-corrected chi connectivity index (χ0v) is 9.56. The van der Waals surface area contributed by atoms with Crippen molar-refractivity contribution >= 4 is 0 Å². The van der Waals surface area contributed by atoms with Gasteiger partial charge in [-0.05, 0) is 12.5 Å². The van der Waals surface area contributed by atoms with Crippen LogP contribution in [0, 0.1) is 0 Å². The minimum absolute atomic E-state index is 0.00725. The van der Waals surface area contributed by atoms with E-state index < -0.39 is 0 Å². The molecule has 0 bridgehead atoms. The first-order valence-corrected chi connectivity index (χ1v) is 5.65. The summed E-state index contributed by atoms with van der Waals surface area (Å²) < 4.78 is 10.9. The van der Waals surface area contributed by atoms with Crippen LogP contribution < -0.4 is 0 Å². The van der Waals surface area contributed by atoms with Gasteiger partial charge in [0.15, 0.2) is 0 Å². The van der Waals surface area contributed by atoms with Gasteiger partial charge < -0.3 is 14.6 Å². The third kappa shape index (κ3) is 2.82. The lowest BCUT2D eigenvalue weighted by Crippen LogP contribution is -2.15. The maximum atomic E-state index is 8.91. The number of benzene rings is 1. The van der Waals surface area contributed by atoms with E-state index in [0.717, 1.165) is 6.42 Å². The second-order valence-corrected chi connectivity index (χ2v) is 4.39. The summed E-state index contributed by atoms with van der Waals surface area (Å²) in [6.07, 6.45) is 0.846. The Kier molecular flexibility index (Phi) is 3.59. The Morgan fingerprint density at radius 3 is 2.75 bits per heavy atom. The molecule has 1 saturated heterocycles. The number of aliphatic hydroxyl groups is 1. The molecule has 1 aromatic carbocycles. The van der Waals surface area contributed by atoms with E-state index in [9.17, 15) is 0 Å². The molecule has 0 radical (unpaired) electrons. The predicted molar refractivity (Wildman–Crippen MR) is 61.1 cm³/mol. The Hall–Kier alpha value is -0.900. The van der Waals surface area contributed by atoms with Crippen molar-refractivity contribution in [2.24, 2.45) is 0 Å². The lowest BCUT2D eigenvalue weighted by atomic mass is 10.1. The number of aliphatic hydroxyl groups excluding tert-OH is 1. The van der Waals surface area contributed by atoms with E-state index in [1.54, 1.807) is 0 Å². The molecule has 3 nitrogen and oxygen atoms in total. The van der Waals surface area contributed by atoms with Crippen molar-refractivity contribution in [3.63, 3.8) is 0 Å². The fourth-order valence-corrected chi connectivity index (χ4v) is 1.78. The van der Waals surface area contributed by atoms with Gasteiger partial charge in [0.25, 0.3) is 0 Å². The van der Waals surface area contributed by atoms with Crippen LogP contribution in [0.15, 0.2) is 30.3 Å². The third-order valence-electron chi connectivity index (χ3n) is 3.06. The monoisotopic (exact) mass is 222 g/mol. The molecule has 0 amide bonds. The van der Waals surface area contributed by atoms with E-state index in [4.69, 9.17) is 14.6 Å². The molecule has 0 unspecified atom stereocenters. The SMILES string of the molecule is C[C@@]1(CCOCc2ccccc2)O[C@H]1CO. The molecule has 0 aromatic heterocycles. The molecule has 0 aliphatic carbocycles. The summed E-state index contributed by atoms with van der Waals surface area (Å²) in [6.45, 7) is 3.43. The molecule has 0 spiro atoms. The fourth-order valence-electron chi connectivity index (χ4n) is 1.78. The summed E-state index contributed by atoms with van der Waals surface area (Å²) in [7, 11) is 0. The average molecular weight is 222 g/mol. The lowest BCUT2D eigenvalue weighted by Gasteiger charge is -2.07. The Bertz CT molecular complexity index is 325. The van der Waals surface area contributed by atoms with Crippen LogP contribution >= 0.6 is 0 Å². The molecular weight excluding hydrogens is 204 g/mol. The van der Waals surface area contributed by atoms with Crippen molar-refractivity contribution < 1.29 is 14.6 Å². The Morgan fingerprint density at radius 1 is 1.38 bits per heavy atom. The van der Waals surface area contributed by atoms with E-state index >= 15 is 0 Å². The second-order valence-electron chi connectivity index (χ2n) is 4.39. The highest BCUT2D eigenvalue weighted by Crippen LogP contribution is 2.38. The van der Waals surface area contributed by atoms with Crippen LogP contribution in [0.1, 0.15) is 18.9 Å². The summed E-state index contributed by atoms with van der Waals surface area (Å²) >= 11 is 0. The normalized spacial score (nSPS) is 28.0. The number of epoxide rings is 1. The van der Waals surface area contributed by atoms with Crippen molar-refractivity contribution in [1.82, 2.24) is 0 Å². The van der Waals surface area contributed by atoms with Gasteiger partial charge in [-0.1, -0.05) is 30.3 Å². The van der Waals surface area contributed by atoms with E-state index in [0.29, 0.717) is 13.2 Å². The average Bonchev–Trinajstić information content (AvgIpc) is 2.98. The molecular formula is C13H18O3. The summed E-state index contributed by atoms with van der Waals surface area (Å²) in [5.74, 6) is 0. The highest BCUT2D eigenvalue weighted by atomic mass is 16.6. The van der Waals surface area contributed by atoms with Gasteiger partial charge in [0, 0.05) is 13.0 Å². The molecule has 1 N–H and O–H groups in total. The molecule has 1 heterocycles. The highest BCUT2D eigenvalue weighted by molar-refractivity contribution is 5.13. The van der Waals surface area contributed by atoms with Crippen LogP contribution in [0.4, 0.5) is 0 Å². The van der Waals surface area contributed by atoms with Gasteiger partial charge in [0.2, 0.25) is 0 Å². The van der Waals surface area contributed by atoms with Gasteiger partial charge in [-0.15, -0.1) is 0 Å². The molecule has 88 valence electrons. The first kappa shape index (κ1) is 11.6. The van der Waals surface area contributed by atoms with E-state index in [1.165, 1.54) is 5.56 Å². The minimum Gasteiger partial charge on any atom is -0.394 e. The van der Waals surface area contributed by atoms with Crippen LogP contribution in [-0.4, -0.2) is 30.0 Å². The number of ether oxygens (including phenoxy) is 2. The van der Waals surface area contributed by atoms with Crippen molar-refractivity contribution in [3.05, 3.63) is 35.9 Å². The van der Waals surface area contributed by atoms with Crippen molar-refractivity contribution in [1.29, 1.82) is 0 Å².